The number of hydrogen-bond donors (Lipinski definition) is 2. The molecule has 0 aliphatic carbocycles. The first-order valence-electron chi connectivity index (χ1n) is 9.95. The lowest BCUT2D eigenvalue weighted by Gasteiger charge is -2.08. The molecule has 0 aliphatic rings. The molecule has 0 fully saturated rings. The van der Waals surface area contributed by atoms with Crippen LogP contribution in [0.1, 0.15) is 84.0 Å². The van der Waals surface area contributed by atoms with Gasteiger partial charge in [0.15, 0.2) is 0 Å². The van der Waals surface area contributed by atoms with Crippen molar-refractivity contribution in [3.63, 3.8) is 0 Å². The van der Waals surface area contributed by atoms with Gasteiger partial charge in [0.25, 0.3) is 0 Å². The van der Waals surface area contributed by atoms with E-state index in [4.69, 9.17) is 14.9 Å². The lowest BCUT2D eigenvalue weighted by molar-refractivity contribution is -0.147. The van der Waals surface area contributed by atoms with E-state index in [9.17, 15) is 4.79 Å². The van der Waals surface area contributed by atoms with Crippen molar-refractivity contribution in [3.8, 4) is 0 Å². The molecule has 4 heteroatoms. The monoisotopic (exact) mass is 354 g/mol. The second-order valence-corrected chi connectivity index (χ2v) is 6.50. The van der Waals surface area contributed by atoms with Crippen LogP contribution < -0.4 is 0 Å². The zero-order chi connectivity index (χ0) is 18.6. The van der Waals surface area contributed by atoms with Gasteiger partial charge in [0.2, 0.25) is 0 Å². The summed E-state index contributed by atoms with van der Waals surface area (Å²) in [5.74, 6) is -0.293. The van der Waals surface area contributed by atoms with E-state index in [1.54, 1.807) is 0 Å². The number of allylic oxidation sites excluding steroid dienone is 4. The molecule has 0 amide bonds. The summed E-state index contributed by atoms with van der Waals surface area (Å²) in [6.07, 6.45) is 21.1. The number of unbranched alkanes of at least 4 members (excludes halogenated alkanes) is 8. The van der Waals surface area contributed by atoms with E-state index >= 15 is 0 Å². The smallest absolute Gasteiger partial charge is 0.305 e. The minimum absolute atomic E-state index is 0.115. The number of esters is 1. The summed E-state index contributed by atoms with van der Waals surface area (Å²) in [7, 11) is 0. The van der Waals surface area contributed by atoms with Crippen molar-refractivity contribution < 1.29 is 19.7 Å². The van der Waals surface area contributed by atoms with Crippen LogP contribution in [0, 0.1) is 0 Å². The zero-order valence-corrected chi connectivity index (χ0v) is 16.0. The Morgan fingerprint density at radius 1 is 0.920 bits per heavy atom. The van der Waals surface area contributed by atoms with Crippen LogP contribution in [0.5, 0.6) is 0 Å². The molecule has 0 aliphatic heterocycles. The predicted molar refractivity (Wildman–Crippen MR) is 103 cm³/mol. The fourth-order valence-corrected chi connectivity index (χ4v) is 2.39. The third-order valence-electron chi connectivity index (χ3n) is 3.98. The molecule has 0 aromatic rings. The van der Waals surface area contributed by atoms with Crippen LogP contribution in [0.25, 0.3) is 0 Å². The van der Waals surface area contributed by atoms with Crippen LogP contribution >= 0.6 is 0 Å². The number of aliphatic hydroxyl groups is 2. The molecule has 0 saturated heterocycles. The molecule has 0 aromatic carbocycles. The highest BCUT2D eigenvalue weighted by atomic mass is 16.5. The van der Waals surface area contributed by atoms with E-state index in [0.29, 0.717) is 6.42 Å². The molecule has 25 heavy (non-hydrogen) atoms. The van der Waals surface area contributed by atoms with Crippen LogP contribution in [0.4, 0.5) is 0 Å². The average molecular weight is 355 g/mol. The van der Waals surface area contributed by atoms with Crippen molar-refractivity contribution in [1.29, 1.82) is 0 Å². The Balaban J connectivity index is 3.30. The van der Waals surface area contributed by atoms with E-state index in [2.05, 4.69) is 31.2 Å². The first-order valence-corrected chi connectivity index (χ1v) is 9.95. The maximum Gasteiger partial charge on any atom is 0.305 e. The lowest BCUT2D eigenvalue weighted by Crippen LogP contribution is -2.21. The summed E-state index contributed by atoms with van der Waals surface area (Å²) in [5, 5.41) is 17.7. The maximum atomic E-state index is 11.4. The number of carbonyl (C=O) groups excluding carboxylic acids is 1. The Bertz CT molecular complexity index is 350. The van der Waals surface area contributed by atoms with Crippen LogP contribution in [-0.2, 0) is 9.53 Å². The fourth-order valence-electron chi connectivity index (χ4n) is 2.39. The molecule has 4 nitrogen and oxygen atoms in total. The third-order valence-corrected chi connectivity index (χ3v) is 3.98. The third kappa shape index (κ3) is 19.0. The minimum Gasteiger partial charge on any atom is -0.463 e. The van der Waals surface area contributed by atoms with Gasteiger partial charge < -0.3 is 14.9 Å². The number of hydrogen-bond acceptors (Lipinski definition) is 4. The summed E-state index contributed by atoms with van der Waals surface area (Å²) < 4.78 is 4.85. The number of ether oxygens (including phenoxy) is 1. The Morgan fingerprint density at radius 3 is 2.16 bits per heavy atom. The van der Waals surface area contributed by atoms with Crippen LogP contribution in [0.2, 0.25) is 0 Å². The van der Waals surface area contributed by atoms with Gasteiger partial charge in [-0.2, -0.15) is 0 Å². The molecule has 146 valence electrons. The predicted octanol–water partition coefficient (Wildman–Crippen LogP) is 4.70. The van der Waals surface area contributed by atoms with Gasteiger partial charge in [0, 0.05) is 6.42 Å². The van der Waals surface area contributed by atoms with Crippen molar-refractivity contribution in [2.45, 2.75) is 90.1 Å². The van der Waals surface area contributed by atoms with Gasteiger partial charge in [-0.15, -0.1) is 0 Å². The normalized spacial score (nSPS) is 12.9. The second kappa shape index (κ2) is 19.2. The number of aliphatic hydroxyl groups excluding tert-OH is 2. The van der Waals surface area contributed by atoms with Crippen molar-refractivity contribution in [3.05, 3.63) is 24.3 Å². The van der Waals surface area contributed by atoms with E-state index in [-0.39, 0.29) is 19.2 Å². The Hall–Kier alpha value is -1.13. The summed E-state index contributed by atoms with van der Waals surface area (Å²) in [5.41, 5.74) is 0. The summed E-state index contributed by atoms with van der Waals surface area (Å²) in [6, 6.07) is 0. The van der Waals surface area contributed by atoms with E-state index < -0.39 is 6.10 Å². The quantitative estimate of drug-likeness (QED) is 0.226. The summed E-state index contributed by atoms with van der Waals surface area (Å²) >= 11 is 0. The molecular formula is C21H38O4. The summed E-state index contributed by atoms with van der Waals surface area (Å²) in [6.45, 7) is 1.74. The van der Waals surface area contributed by atoms with E-state index in [1.165, 1.54) is 38.5 Å². The summed E-state index contributed by atoms with van der Waals surface area (Å²) in [4.78, 5) is 11.4. The Morgan fingerprint density at radius 2 is 1.52 bits per heavy atom. The highest BCUT2D eigenvalue weighted by molar-refractivity contribution is 5.69. The van der Waals surface area contributed by atoms with Gasteiger partial charge in [0.05, 0.1) is 6.61 Å². The maximum absolute atomic E-state index is 11.4. The van der Waals surface area contributed by atoms with Gasteiger partial charge in [-0.3, -0.25) is 4.79 Å². The van der Waals surface area contributed by atoms with Gasteiger partial charge in [0.1, 0.15) is 12.7 Å². The van der Waals surface area contributed by atoms with Gasteiger partial charge >= 0.3 is 5.97 Å². The number of carbonyl (C=O) groups is 1. The largest absolute Gasteiger partial charge is 0.463 e. The minimum atomic E-state index is -0.964. The van der Waals surface area contributed by atoms with Gasteiger partial charge in [-0.1, -0.05) is 63.3 Å². The molecule has 2 N–H and O–H groups in total. The van der Waals surface area contributed by atoms with Crippen molar-refractivity contribution in [1.82, 2.24) is 0 Å². The molecular weight excluding hydrogens is 316 g/mol. The molecule has 0 saturated carbocycles. The Labute approximate surface area is 154 Å². The zero-order valence-electron chi connectivity index (χ0n) is 16.0. The molecule has 0 aromatic heterocycles. The first-order chi connectivity index (χ1) is 12.2. The lowest BCUT2D eigenvalue weighted by atomic mass is 10.1. The Kier molecular flexibility index (Phi) is 18.3. The molecule has 0 spiro atoms. The second-order valence-electron chi connectivity index (χ2n) is 6.50. The standard InChI is InChI=1S/C21H38O4/c1-2-3-4-5-6-7-8-9-10-11-12-13-14-15-16-17-21(24)25-19-20(23)18-22/h6-7,9-10,20,22-23H,2-5,8,11-19H2,1H3/b7-6+,10-9+/t20-/m1/s1. The molecule has 0 heterocycles. The van der Waals surface area contributed by atoms with Gasteiger partial charge in [-0.05, 0) is 38.5 Å². The average Bonchev–Trinajstić information content (AvgIpc) is 2.62. The SMILES string of the molecule is CCCCC/C=C/C/C=C/CCCCCCCC(=O)OC[C@H](O)CO. The molecule has 0 unspecified atom stereocenters. The highest BCUT2D eigenvalue weighted by Gasteiger charge is 2.07. The first kappa shape index (κ1) is 23.9. The van der Waals surface area contributed by atoms with Crippen molar-refractivity contribution >= 4 is 5.97 Å². The van der Waals surface area contributed by atoms with Crippen molar-refractivity contribution in [2.75, 3.05) is 13.2 Å². The molecule has 1 atom stereocenters. The van der Waals surface area contributed by atoms with E-state index in [1.807, 2.05) is 0 Å². The highest BCUT2D eigenvalue weighted by Crippen LogP contribution is 2.08. The van der Waals surface area contributed by atoms with Crippen LogP contribution in [0.15, 0.2) is 24.3 Å². The van der Waals surface area contributed by atoms with Crippen LogP contribution in [-0.4, -0.2) is 35.5 Å². The molecule has 0 rings (SSSR count). The fraction of sp³-hybridized carbons (Fsp3) is 0.762. The molecule has 0 radical (unpaired) electrons. The van der Waals surface area contributed by atoms with Gasteiger partial charge in [-0.25, -0.2) is 0 Å². The van der Waals surface area contributed by atoms with E-state index in [0.717, 1.165) is 32.1 Å². The van der Waals surface area contributed by atoms with Crippen LogP contribution in [0.3, 0.4) is 0 Å². The molecule has 0 bridgehead atoms. The topological polar surface area (TPSA) is 66.8 Å². The van der Waals surface area contributed by atoms with Crippen molar-refractivity contribution in [2.24, 2.45) is 0 Å². The number of rotatable bonds is 17.